The van der Waals surface area contributed by atoms with Crippen molar-refractivity contribution in [1.29, 1.82) is 0 Å². The van der Waals surface area contributed by atoms with Crippen LogP contribution in [-0.2, 0) is 9.59 Å². The van der Waals surface area contributed by atoms with E-state index in [0.717, 1.165) is 5.56 Å². The lowest BCUT2D eigenvalue weighted by molar-refractivity contribution is -0.123. The minimum atomic E-state index is -0.487. The molecule has 22 heavy (non-hydrogen) atoms. The maximum absolute atomic E-state index is 12.1. The smallest absolute Gasteiger partial charge is 0.261 e. The maximum Gasteiger partial charge on any atom is 0.261 e. The molecule has 3 N–H and O–H groups in total. The highest BCUT2D eigenvalue weighted by Crippen LogP contribution is 2.28. The van der Waals surface area contributed by atoms with Crippen molar-refractivity contribution < 1.29 is 14.4 Å². The molecule has 0 bridgehead atoms. The van der Waals surface area contributed by atoms with Gasteiger partial charge in [0.1, 0.15) is 0 Å². The monoisotopic (exact) mass is 325 g/mol. The highest BCUT2D eigenvalue weighted by atomic mass is 32.1. The number of nitrogens with one attached hydrogen (secondary N) is 3. The van der Waals surface area contributed by atoms with Crippen LogP contribution in [0.1, 0.15) is 42.9 Å². The lowest BCUT2D eigenvalue weighted by Gasteiger charge is -2.16. The summed E-state index contributed by atoms with van der Waals surface area (Å²) in [7, 11) is 0. The summed E-state index contributed by atoms with van der Waals surface area (Å²) in [6.45, 7) is 9.50. The summed E-state index contributed by atoms with van der Waals surface area (Å²) in [5, 5.41) is 8.82. The summed E-state index contributed by atoms with van der Waals surface area (Å²) in [6, 6.07) is 1.79. The summed E-state index contributed by atoms with van der Waals surface area (Å²) in [5.41, 5.74) is 0.324. The number of amides is 3. The Bertz CT molecular complexity index is 573. The molecule has 1 aromatic rings. The zero-order chi connectivity index (χ0) is 16.9. The summed E-state index contributed by atoms with van der Waals surface area (Å²) >= 11 is 1.25. The Balaban J connectivity index is 2.63. The van der Waals surface area contributed by atoms with Crippen molar-refractivity contribution in [3.05, 3.63) is 16.5 Å². The van der Waals surface area contributed by atoms with Gasteiger partial charge in [-0.1, -0.05) is 20.8 Å². The molecule has 0 fully saturated rings. The summed E-state index contributed by atoms with van der Waals surface area (Å²) in [4.78, 5) is 35.3. The molecule has 0 aliphatic carbocycles. The number of carbonyl (C=O) groups is 3. The molecule has 0 atom stereocenters. The molecular formula is C15H23N3O3S. The molecule has 7 heteroatoms. The van der Waals surface area contributed by atoms with Crippen molar-refractivity contribution >= 4 is 34.1 Å². The van der Waals surface area contributed by atoms with Crippen molar-refractivity contribution in [3.8, 4) is 0 Å². The normalized spacial score (nSPS) is 11.0. The van der Waals surface area contributed by atoms with Crippen molar-refractivity contribution in [1.82, 2.24) is 10.6 Å². The second-order valence-electron chi connectivity index (χ2n) is 6.07. The minimum absolute atomic E-state index is 0.0913. The lowest BCUT2D eigenvalue weighted by Crippen LogP contribution is -2.33. The van der Waals surface area contributed by atoms with Gasteiger partial charge in [-0.05, 0) is 18.6 Å². The molecule has 1 heterocycles. The Morgan fingerprint density at radius 3 is 2.27 bits per heavy atom. The third kappa shape index (κ3) is 5.48. The second-order valence-corrected chi connectivity index (χ2v) is 7.12. The van der Waals surface area contributed by atoms with E-state index in [2.05, 4.69) is 16.0 Å². The number of carbonyl (C=O) groups excluding carboxylic acids is 3. The lowest BCUT2D eigenvalue weighted by atomic mass is 9.96. The van der Waals surface area contributed by atoms with Crippen LogP contribution in [0.3, 0.4) is 0 Å². The van der Waals surface area contributed by atoms with Gasteiger partial charge in [-0.3, -0.25) is 14.4 Å². The highest BCUT2D eigenvalue weighted by Gasteiger charge is 2.22. The van der Waals surface area contributed by atoms with Gasteiger partial charge in [0.05, 0.1) is 9.88 Å². The number of anilines is 1. The summed E-state index contributed by atoms with van der Waals surface area (Å²) in [5.74, 6) is -0.427. The summed E-state index contributed by atoms with van der Waals surface area (Å²) < 4.78 is 0. The first kappa shape index (κ1) is 18.2. The van der Waals surface area contributed by atoms with E-state index in [1.165, 1.54) is 18.3 Å². The standard InChI is InChI=1S/C15H23N3O3S/c1-9-8-11(18-14(21)15(3,4)5)22-12(9)13(20)17-7-6-16-10(2)19/h8H,6-7H2,1-5H3,(H,16,19)(H,17,20)(H,18,21). The molecule has 0 aromatic carbocycles. The first-order valence-electron chi connectivity index (χ1n) is 7.06. The zero-order valence-corrected chi connectivity index (χ0v) is 14.4. The van der Waals surface area contributed by atoms with Gasteiger partial charge >= 0.3 is 0 Å². The van der Waals surface area contributed by atoms with Crippen molar-refractivity contribution in [2.75, 3.05) is 18.4 Å². The van der Waals surface area contributed by atoms with E-state index >= 15 is 0 Å². The van der Waals surface area contributed by atoms with Crippen LogP contribution in [0.5, 0.6) is 0 Å². The first-order chi connectivity index (χ1) is 10.1. The predicted octanol–water partition coefficient (Wildman–Crippen LogP) is 1.91. The van der Waals surface area contributed by atoms with E-state index in [9.17, 15) is 14.4 Å². The Morgan fingerprint density at radius 1 is 1.14 bits per heavy atom. The summed E-state index contributed by atoms with van der Waals surface area (Å²) in [6.07, 6.45) is 0. The highest BCUT2D eigenvalue weighted by molar-refractivity contribution is 7.18. The minimum Gasteiger partial charge on any atom is -0.355 e. The molecule has 0 aliphatic rings. The van der Waals surface area contributed by atoms with Crippen LogP contribution in [0.25, 0.3) is 0 Å². The molecule has 1 aromatic heterocycles. The second kappa shape index (κ2) is 7.40. The van der Waals surface area contributed by atoms with Gasteiger partial charge in [0.2, 0.25) is 11.8 Å². The Morgan fingerprint density at radius 2 is 1.73 bits per heavy atom. The van der Waals surface area contributed by atoms with E-state index in [4.69, 9.17) is 0 Å². The van der Waals surface area contributed by atoms with Crippen LogP contribution in [0.15, 0.2) is 6.07 Å². The Kier molecular flexibility index (Phi) is 6.11. The SMILES string of the molecule is CC(=O)NCCNC(=O)c1sc(NC(=O)C(C)(C)C)cc1C. The quantitative estimate of drug-likeness (QED) is 0.723. The molecule has 0 saturated heterocycles. The molecule has 122 valence electrons. The number of rotatable bonds is 5. The Labute approximate surface area is 134 Å². The molecule has 0 aliphatic heterocycles. The number of hydrogen-bond acceptors (Lipinski definition) is 4. The average molecular weight is 325 g/mol. The van der Waals surface area contributed by atoms with Gasteiger partial charge in [-0.15, -0.1) is 11.3 Å². The fourth-order valence-corrected chi connectivity index (χ4v) is 2.55. The van der Waals surface area contributed by atoms with Crippen LogP contribution in [-0.4, -0.2) is 30.8 Å². The third-order valence-electron chi connectivity index (χ3n) is 2.83. The number of aryl methyl sites for hydroxylation is 1. The van der Waals surface area contributed by atoms with Gasteiger partial charge in [0.25, 0.3) is 5.91 Å². The van der Waals surface area contributed by atoms with E-state index in [-0.39, 0.29) is 17.7 Å². The van der Waals surface area contributed by atoms with E-state index in [1.807, 2.05) is 27.7 Å². The van der Waals surface area contributed by atoms with Gasteiger partial charge < -0.3 is 16.0 Å². The average Bonchev–Trinajstić information content (AvgIpc) is 2.74. The number of hydrogen-bond donors (Lipinski definition) is 3. The maximum atomic E-state index is 12.1. The molecule has 6 nitrogen and oxygen atoms in total. The van der Waals surface area contributed by atoms with E-state index < -0.39 is 5.41 Å². The molecule has 0 spiro atoms. The third-order valence-corrected chi connectivity index (χ3v) is 3.98. The van der Waals surface area contributed by atoms with Crippen molar-refractivity contribution in [2.24, 2.45) is 5.41 Å². The number of thiophene rings is 1. The molecule has 0 radical (unpaired) electrons. The van der Waals surface area contributed by atoms with Crippen LogP contribution in [0, 0.1) is 12.3 Å². The van der Waals surface area contributed by atoms with Crippen LogP contribution in [0.4, 0.5) is 5.00 Å². The zero-order valence-electron chi connectivity index (χ0n) is 13.6. The predicted molar refractivity (Wildman–Crippen MR) is 88.2 cm³/mol. The van der Waals surface area contributed by atoms with E-state index in [1.54, 1.807) is 6.07 Å². The molecule has 3 amide bonds. The Hall–Kier alpha value is -1.89. The van der Waals surface area contributed by atoms with Gasteiger partial charge in [0.15, 0.2) is 0 Å². The van der Waals surface area contributed by atoms with Crippen molar-refractivity contribution in [2.45, 2.75) is 34.6 Å². The molecule has 1 rings (SSSR count). The van der Waals surface area contributed by atoms with Crippen LogP contribution in [0.2, 0.25) is 0 Å². The van der Waals surface area contributed by atoms with Crippen molar-refractivity contribution in [3.63, 3.8) is 0 Å². The fraction of sp³-hybridized carbons (Fsp3) is 0.533. The molecule has 0 unspecified atom stereocenters. The van der Waals surface area contributed by atoms with Gasteiger partial charge in [0, 0.05) is 25.4 Å². The van der Waals surface area contributed by atoms with E-state index in [0.29, 0.717) is 23.0 Å². The molecule has 0 saturated carbocycles. The van der Waals surface area contributed by atoms with Gasteiger partial charge in [-0.2, -0.15) is 0 Å². The first-order valence-corrected chi connectivity index (χ1v) is 7.87. The molecular weight excluding hydrogens is 302 g/mol. The van der Waals surface area contributed by atoms with Crippen LogP contribution < -0.4 is 16.0 Å². The van der Waals surface area contributed by atoms with Crippen LogP contribution >= 0.6 is 11.3 Å². The fourth-order valence-electron chi connectivity index (χ4n) is 1.56. The topological polar surface area (TPSA) is 87.3 Å². The largest absolute Gasteiger partial charge is 0.355 e. The van der Waals surface area contributed by atoms with Gasteiger partial charge in [-0.25, -0.2) is 0 Å².